The zero-order chi connectivity index (χ0) is 28.9. The van der Waals surface area contributed by atoms with Gasteiger partial charge in [0.1, 0.15) is 11.9 Å². The van der Waals surface area contributed by atoms with Gasteiger partial charge in [-0.15, -0.1) is 0 Å². The van der Waals surface area contributed by atoms with Gasteiger partial charge in [0.15, 0.2) is 0 Å². The van der Waals surface area contributed by atoms with Crippen molar-refractivity contribution >= 4 is 21.6 Å². The van der Waals surface area contributed by atoms with E-state index in [9.17, 15) is 18.3 Å². The molecular weight excluding hydrogens is 526 g/mol. The van der Waals surface area contributed by atoms with E-state index in [0.717, 1.165) is 12.8 Å². The van der Waals surface area contributed by atoms with Crippen LogP contribution in [0.5, 0.6) is 5.75 Å². The summed E-state index contributed by atoms with van der Waals surface area (Å²) in [6, 6.07) is 23.5. The minimum atomic E-state index is -3.48. The van der Waals surface area contributed by atoms with Crippen molar-refractivity contribution in [3.05, 3.63) is 83.9 Å². The number of rotatable bonds is 9. The summed E-state index contributed by atoms with van der Waals surface area (Å²) < 4.78 is 32.6. The summed E-state index contributed by atoms with van der Waals surface area (Å²) >= 11 is 0. The van der Waals surface area contributed by atoms with Crippen LogP contribution in [0.2, 0.25) is 0 Å². The van der Waals surface area contributed by atoms with E-state index in [2.05, 4.69) is 52.9 Å². The fraction of sp³-hybridized carbons (Fsp3) is 0.387. The number of amides is 1. The molecule has 9 heteroatoms. The summed E-state index contributed by atoms with van der Waals surface area (Å²) in [6.07, 6.45) is 0.881. The fourth-order valence-electron chi connectivity index (χ4n) is 5.04. The lowest BCUT2D eigenvalue weighted by molar-refractivity contribution is -0.134. The van der Waals surface area contributed by atoms with Crippen molar-refractivity contribution in [3.8, 4) is 16.9 Å². The van der Waals surface area contributed by atoms with Crippen LogP contribution >= 0.6 is 0 Å². The van der Waals surface area contributed by atoms with Crippen LogP contribution in [0.25, 0.3) is 11.1 Å². The van der Waals surface area contributed by atoms with Crippen molar-refractivity contribution in [1.29, 1.82) is 0 Å². The van der Waals surface area contributed by atoms with Crippen LogP contribution in [0, 0.1) is 5.92 Å². The molecule has 0 saturated carbocycles. The second kappa shape index (κ2) is 12.8. The Morgan fingerprint density at radius 2 is 1.75 bits per heavy atom. The SMILES string of the molecule is C[C@H]1CN([C@@H](C)CO)C(=O)Cc2cc(NS(C)(=O)=O)ccc2O[C@H]1CN(C)Cc1ccc(-c2ccccc2)cc1. The molecule has 1 amide bonds. The molecule has 0 aromatic heterocycles. The molecule has 0 saturated heterocycles. The summed E-state index contributed by atoms with van der Waals surface area (Å²) in [7, 11) is -1.43. The number of sulfonamides is 1. The fourth-order valence-corrected chi connectivity index (χ4v) is 5.60. The molecule has 0 unspecified atom stereocenters. The van der Waals surface area contributed by atoms with Crippen molar-refractivity contribution in [1.82, 2.24) is 9.80 Å². The van der Waals surface area contributed by atoms with Gasteiger partial charge in [0, 0.05) is 36.8 Å². The number of anilines is 1. The van der Waals surface area contributed by atoms with Crippen molar-refractivity contribution < 1.29 is 23.1 Å². The lowest BCUT2D eigenvalue weighted by Gasteiger charge is -2.34. The molecule has 214 valence electrons. The molecule has 2 N–H and O–H groups in total. The number of benzene rings is 3. The van der Waals surface area contributed by atoms with E-state index in [1.165, 1.54) is 16.7 Å². The molecule has 4 rings (SSSR count). The molecule has 1 aliphatic heterocycles. The standard InChI is InChI=1S/C31H39N3O5S/c1-22-18-34(23(2)21-35)31(36)17-27-16-28(32-40(4,37)38)14-15-29(27)39-30(22)20-33(3)19-24-10-12-26(13-11-24)25-8-6-5-7-9-25/h5-16,22-23,30,32,35H,17-21H2,1-4H3/t22-,23-,30-/m0/s1. The molecule has 3 aromatic rings. The van der Waals surface area contributed by atoms with Gasteiger partial charge in [-0.25, -0.2) is 8.42 Å². The predicted octanol–water partition coefficient (Wildman–Crippen LogP) is 4.01. The van der Waals surface area contributed by atoms with E-state index in [1.54, 1.807) is 23.1 Å². The molecule has 1 heterocycles. The quantitative estimate of drug-likeness (QED) is 0.407. The highest BCUT2D eigenvalue weighted by molar-refractivity contribution is 7.92. The van der Waals surface area contributed by atoms with Gasteiger partial charge in [0.05, 0.1) is 25.3 Å². The molecule has 1 aliphatic rings. The van der Waals surface area contributed by atoms with E-state index < -0.39 is 10.0 Å². The number of hydrogen-bond donors (Lipinski definition) is 2. The van der Waals surface area contributed by atoms with Crippen LogP contribution in [-0.4, -0.2) is 74.4 Å². The van der Waals surface area contributed by atoms with Gasteiger partial charge in [-0.3, -0.25) is 14.4 Å². The lowest BCUT2D eigenvalue weighted by Crippen LogP contribution is -2.47. The second-order valence-electron chi connectivity index (χ2n) is 10.8. The Kier molecular flexibility index (Phi) is 9.50. The van der Waals surface area contributed by atoms with E-state index >= 15 is 0 Å². The van der Waals surface area contributed by atoms with Gasteiger partial charge in [0.2, 0.25) is 15.9 Å². The van der Waals surface area contributed by atoms with Crippen LogP contribution in [-0.2, 0) is 27.8 Å². The maximum absolute atomic E-state index is 13.3. The molecule has 0 radical (unpaired) electrons. The van der Waals surface area contributed by atoms with Gasteiger partial charge in [-0.2, -0.15) is 0 Å². The predicted molar refractivity (Wildman–Crippen MR) is 159 cm³/mol. The third kappa shape index (κ3) is 7.84. The average Bonchev–Trinajstić information content (AvgIpc) is 2.96. The van der Waals surface area contributed by atoms with Crippen LogP contribution in [0.3, 0.4) is 0 Å². The van der Waals surface area contributed by atoms with Gasteiger partial charge in [-0.1, -0.05) is 61.5 Å². The monoisotopic (exact) mass is 565 g/mol. The van der Waals surface area contributed by atoms with Crippen molar-refractivity contribution in [2.75, 3.05) is 37.7 Å². The van der Waals surface area contributed by atoms with Crippen LogP contribution in [0.1, 0.15) is 25.0 Å². The largest absolute Gasteiger partial charge is 0.488 e. The minimum Gasteiger partial charge on any atom is -0.488 e. The minimum absolute atomic E-state index is 0.0272. The molecule has 0 spiro atoms. The maximum Gasteiger partial charge on any atom is 0.229 e. The first-order valence-corrected chi connectivity index (χ1v) is 15.4. The number of fused-ring (bicyclic) bond motifs is 1. The second-order valence-corrected chi connectivity index (χ2v) is 12.6. The Morgan fingerprint density at radius 3 is 2.40 bits per heavy atom. The summed E-state index contributed by atoms with van der Waals surface area (Å²) in [5.74, 6) is 0.395. The number of aliphatic hydroxyl groups is 1. The Hall–Kier alpha value is -3.40. The normalized spacial score (nSPS) is 18.8. The molecule has 3 aromatic carbocycles. The van der Waals surface area contributed by atoms with Crippen LogP contribution < -0.4 is 9.46 Å². The molecule has 40 heavy (non-hydrogen) atoms. The summed E-state index contributed by atoms with van der Waals surface area (Å²) in [5.41, 5.74) is 4.51. The van der Waals surface area contributed by atoms with Gasteiger partial charge < -0.3 is 14.7 Å². The van der Waals surface area contributed by atoms with Gasteiger partial charge in [0.25, 0.3) is 0 Å². The molecule has 0 fully saturated rings. The molecular formula is C31H39N3O5S. The zero-order valence-electron chi connectivity index (χ0n) is 23.6. The Balaban J connectivity index is 1.55. The molecule has 8 nitrogen and oxygen atoms in total. The lowest BCUT2D eigenvalue weighted by atomic mass is 10.0. The number of aliphatic hydroxyl groups excluding tert-OH is 1. The third-order valence-corrected chi connectivity index (χ3v) is 7.83. The van der Waals surface area contributed by atoms with E-state index in [-0.39, 0.29) is 37.0 Å². The molecule has 3 atom stereocenters. The summed E-state index contributed by atoms with van der Waals surface area (Å²) in [5, 5.41) is 9.85. The zero-order valence-corrected chi connectivity index (χ0v) is 24.4. The maximum atomic E-state index is 13.3. The van der Waals surface area contributed by atoms with E-state index in [4.69, 9.17) is 4.74 Å². The van der Waals surface area contributed by atoms with E-state index in [0.29, 0.717) is 30.1 Å². The number of carbonyl (C=O) groups is 1. The highest BCUT2D eigenvalue weighted by Crippen LogP contribution is 2.30. The van der Waals surface area contributed by atoms with Crippen molar-refractivity contribution in [2.24, 2.45) is 5.92 Å². The number of ether oxygens (including phenoxy) is 1. The first-order valence-electron chi connectivity index (χ1n) is 13.5. The first-order chi connectivity index (χ1) is 19.0. The Labute approximate surface area is 237 Å². The Morgan fingerprint density at radius 1 is 1.07 bits per heavy atom. The highest BCUT2D eigenvalue weighted by Gasteiger charge is 2.31. The average molecular weight is 566 g/mol. The van der Waals surface area contributed by atoms with Crippen molar-refractivity contribution in [3.63, 3.8) is 0 Å². The highest BCUT2D eigenvalue weighted by atomic mass is 32.2. The molecule has 0 bridgehead atoms. The Bertz CT molecular complexity index is 1400. The van der Waals surface area contributed by atoms with Crippen LogP contribution in [0.4, 0.5) is 5.69 Å². The first kappa shape index (κ1) is 29.6. The number of likely N-dealkylation sites (N-methyl/N-ethyl adjacent to an activating group) is 1. The number of carbonyl (C=O) groups excluding carboxylic acids is 1. The molecule has 0 aliphatic carbocycles. The van der Waals surface area contributed by atoms with Crippen molar-refractivity contribution in [2.45, 2.75) is 39.0 Å². The number of nitrogens with one attached hydrogen (secondary N) is 1. The van der Waals surface area contributed by atoms with Gasteiger partial charge in [-0.05, 0) is 48.9 Å². The van der Waals surface area contributed by atoms with Crippen LogP contribution in [0.15, 0.2) is 72.8 Å². The summed E-state index contributed by atoms with van der Waals surface area (Å²) in [6.45, 7) is 5.51. The van der Waals surface area contributed by atoms with Gasteiger partial charge >= 0.3 is 0 Å². The summed E-state index contributed by atoms with van der Waals surface area (Å²) in [4.78, 5) is 17.2. The number of hydrogen-bond acceptors (Lipinski definition) is 6. The number of nitrogens with zero attached hydrogens (tertiary/aromatic N) is 2. The smallest absolute Gasteiger partial charge is 0.229 e. The topological polar surface area (TPSA) is 99.2 Å². The third-order valence-electron chi connectivity index (χ3n) is 7.22. The van der Waals surface area contributed by atoms with E-state index in [1.807, 2.05) is 32.2 Å².